The van der Waals surface area contributed by atoms with Crippen molar-refractivity contribution in [2.45, 2.75) is 13.1 Å². The number of imidazole rings is 1. The van der Waals surface area contributed by atoms with Crippen molar-refractivity contribution in [1.82, 2.24) is 9.55 Å². The molecule has 0 aliphatic carbocycles. The van der Waals surface area contributed by atoms with Gasteiger partial charge in [-0.25, -0.2) is 4.98 Å². The van der Waals surface area contributed by atoms with Crippen molar-refractivity contribution >= 4 is 16.7 Å². The Morgan fingerprint density at radius 2 is 1.55 bits per heavy atom. The van der Waals surface area contributed by atoms with Crippen LogP contribution in [-0.2, 0) is 0 Å². The van der Waals surface area contributed by atoms with Crippen LogP contribution in [0.5, 0.6) is 17.2 Å². The molecule has 0 N–H and O–H groups in total. The van der Waals surface area contributed by atoms with Gasteiger partial charge in [0.25, 0.3) is 0 Å². The molecule has 0 radical (unpaired) electrons. The molecular weight excluding hydrogens is 390 g/mol. The van der Waals surface area contributed by atoms with Gasteiger partial charge in [-0.05, 0) is 43.3 Å². The molecule has 0 bridgehead atoms. The van der Waals surface area contributed by atoms with Gasteiger partial charge < -0.3 is 19.1 Å². The summed E-state index contributed by atoms with van der Waals surface area (Å²) in [5.41, 5.74) is 5.39. The molecule has 1 atom stereocenters. The maximum atomic E-state index is 5.66. The van der Waals surface area contributed by atoms with E-state index in [-0.39, 0.29) is 6.17 Å². The van der Waals surface area contributed by atoms with Gasteiger partial charge in [0.15, 0.2) is 11.5 Å². The number of para-hydroxylation sites is 3. The first-order valence-electron chi connectivity index (χ1n) is 10.3. The second kappa shape index (κ2) is 7.54. The van der Waals surface area contributed by atoms with E-state index in [4.69, 9.17) is 19.2 Å². The maximum Gasteiger partial charge on any atom is 0.203 e. The predicted octanol–water partition coefficient (Wildman–Crippen LogP) is 5.12. The fraction of sp³-hybridized carbons (Fsp3) is 0.240. The lowest BCUT2D eigenvalue weighted by Crippen LogP contribution is -2.37. The summed E-state index contributed by atoms with van der Waals surface area (Å²) in [5, 5.41) is 0. The van der Waals surface area contributed by atoms with Crippen LogP contribution in [0.2, 0.25) is 0 Å². The number of rotatable bonds is 5. The monoisotopic (exact) mass is 415 g/mol. The Balaban J connectivity index is 1.84. The van der Waals surface area contributed by atoms with Crippen LogP contribution in [0.25, 0.3) is 22.4 Å². The van der Waals surface area contributed by atoms with Crippen molar-refractivity contribution in [3.8, 4) is 28.6 Å². The lowest BCUT2D eigenvalue weighted by Gasteiger charge is -2.40. The van der Waals surface area contributed by atoms with Gasteiger partial charge in [-0.15, -0.1) is 0 Å². The predicted molar refractivity (Wildman–Crippen MR) is 122 cm³/mol. The molecule has 0 spiro atoms. The maximum absolute atomic E-state index is 5.66. The molecule has 6 nitrogen and oxygen atoms in total. The molecule has 0 saturated heterocycles. The minimum atomic E-state index is -0.115. The van der Waals surface area contributed by atoms with E-state index >= 15 is 0 Å². The van der Waals surface area contributed by atoms with Crippen LogP contribution in [0.3, 0.4) is 0 Å². The Labute approximate surface area is 181 Å². The Hall–Kier alpha value is -3.67. The summed E-state index contributed by atoms with van der Waals surface area (Å²) in [5.74, 6) is 2.82. The number of nitrogens with zero attached hydrogens (tertiary/aromatic N) is 3. The zero-order chi connectivity index (χ0) is 21.5. The minimum Gasteiger partial charge on any atom is -0.493 e. The summed E-state index contributed by atoms with van der Waals surface area (Å²) in [4.78, 5) is 7.39. The van der Waals surface area contributed by atoms with Gasteiger partial charge in [0.1, 0.15) is 12.0 Å². The number of ether oxygens (including phenoxy) is 3. The normalized spacial score (nSPS) is 14.8. The number of fused-ring (bicyclic) bond motifs is 5. The summed E-state index contributed by atoms with van der Waals surface area (Å²) in [6, 6.07) is 20.8. The van der Waals surface area contributed by atoms with Gasteiger partial charge in [-0.2, -0.15) is 0 Å². The van der Waals surface area contributed by atoms with Crippen molar-refractivity contribution in [2.24, 2.45) is 0 Å². The molecule has 1 aliphatic rings. The van der Waals surface area contributed by atoms with E-state index in [1.54, 1.807) is 21.3 Å². The number of aromatic nitrogens is 2. The summed E-state index contributed by atoms with van der Waals surface area (Å²) >= 11 is 0. The van der Waals surface area contributed by atoms with Crippen LogP contribution in [0.1, 0.15) is 18.7 Å². The van der Waals surface area contributed by atoms with Crippen LogP contribution in [0.4, 0.5) is 5.69 Å². The standard InChI is InChI=1S/C25H25N3O3/c1-5-27-19-12-8-6-10-17(19)24-26-18-11-7-9-13-20(18)28(24)25(27)16-14-21(29-2)23(31-4)22(15-16)30-3/h6-15,25H,5H2,1-4H3/t25-/m0/s1. The smallest absolute Gasteiger partial charge is 0.203 e. The second-order valence-corrected chi connectivity index (χ2v) is 7.43. The summed E-state index contributed by atoms with van der Waals surface area (Å²) in [6.45, 7) is 3.00. The number of methoxy groups -OCH3 is 3. The van der Waals surface area contributed by atoms with Gasteiger partial charge in [0.05, 0.1) is 32.4 Å². The van der Waals surface area contributed by atoms with Crippen LogP contribution in [0, 0.1) is 0 Å². The molecule has 3 aromatic carbocycles. The molecule has 6 heteroatoms. The van der Waals surface area contributed by atoms with Crippen LogP contribution in [-0.4, -0.2) is 37.4 Å². The Bertz CT molecular complexity index is 1240. The third-order valence-electron chi connectivity index (χ3n) is 5.92. The molecule has 0 unspecified atom stereocenters. The Morgan fingerprint density at radius 3 is 2.23 bits per heavy atom. The molecule has 0 saturated carbocycles. The highest BCUT2D eigenvalue weighted by Gasteiger charge is 2.34. The number of anilines is 1. The van der Waals surface area contributed by atoms with E-state index in [1.165, 1.54) is 0 Å². The van der Waals surface area contributed by atoms with Crippen molar-refractivity contribution < 1.29 is 14.2 Å². The first-order valence-corrected chi connectivity index (χ1v) is 10.3. The highest BCUT2D eigenvalue weighted by molar-refractivity contribution is 5.87. The minimum absolute atomic E-state index is 0.115. The highest BCUT2D eigenvalue weighted by atomic mass is 16.5. The lowest BCUT2D eigenvalue weighted by atomic mass is 10.0. The number of benzene rings is 3. The fourth-order valence-electron chi connectivity index (χ4n) is 4.59. The second-order valence-electron chi connectivity index (χ2n) is 7.43. The van der Waals surface area contributed by atoms with Crippen molar-refractivity contribution in [2.75, 3.05) is 32.8 Å². The zero-order valence-corrected chi connectivity index (χ0v) is 18.1. The van der Waals surface area contributed by atoms with E-state index in [0.29, 0.717) is 17.2 Å². The highest BCUT2D eigenvalue weighted by Crippen LogP contribution is 2.47. The first-order chi connectivity index (χ1) is 15.2. The van der Waals surface area contributed by atoms with Crippen molar-refractivity contribution in [3.05, 3.63) is 66.2 Å². The molecule has 2 heterocycles. The van der Waals surface area contributed by atoms with Crippen LogP contribution < -0.4 is 19.1 Å². The topological polar surface area (TPSA) is 48.8 Å². The van der Waals surface area contributed by atoms with Crippen molar-refractivity contribution in [3.63, 3.8) is 0 Å². The lowest BCUT2D eigenvalue weighted by molar-refractivity contribution is 0.323. The molecular formula is C25H25N3O3. The molecule has 4 aromatic rings. The summed E-state index contributed by atoms with van der Waals surface area (Å²) in [7, 11) is 4.91. The molecule has 1 aliphatic heterocycles. The van der Waals surface area contributed by atoms with Crippen LogP contribution in [0.15, 0.2) is 60.7 Å². The fourth-order valence-corrected chi connectivity index (χ4v) is 4.59. The Morgan fingerprint density at radius 1 is 0.871 bits per heavy atom. The van der Waals surface area contributed by atoms with Crippen LogP contribution >= 0.6 is 0 Å². The third kappa shape index (κ3) is 2.82. The molecule has 0 amide bonds. The van der Waals surface area contributed by atoms with Gasteiger partial charge in [-0.1, -0.05) is 24.3 Å². The van der Waals surface area contributed by atoms with Gasteiger partial charge >= 0.3 is 0 Å². The van der Waals surface area contributed by atoms with Gasteiger partial charge in [-0.3, -0.25) is 4.57 Å². The summed E-state index contributed by atoms with van der Waals surface area (Å²) in [6.07, 6.45) is -0.115. The molecule has 1 aromatic heterocycles. The molecule has 5 rings (SSSR count). The summed E-state index contributed by atoms with van der Waals surface area (Å²) < 4.78 is 19.2. The van der Waals surface area contributed by atoms with E-state index < -0.39 is 0 Å². The molecule has 31 heavy (non-hydrogen) atoms. The average Bonchev–Trinajstić information content (AvgIpc) is 3.21. The van der Waals surface area contributed by atoms with E-state index in [9.17, 15) is 0 Å². The molecule has 0 fully saturated rings. The van der Waals surface area contributed by atoms with E-state index in [1.807, 2.05) is 18.2 Å². The largest absolute Gasteiger partial charge is 0.493 e. The molecule has 158 valence electrons. The van der Waals surface area contributed by atoms with Gasteiger partial charge in [0, 0.05) is 23.4 Å². The number of hydrogen-bond acceptors (Lipinski definition) is 5. The van der Waals surface area contributed by atoms with Crippen molar-refractivity contribution in [1.29, 1.82) is 0 Å². The quantitative estimate of drug-likeness (QED) is 0.453. The third-order valence-corrected chi connectivity index (χ3v) is 5.92. The van der Waals surface area contributed by atoms with E-state index in [2.05, 4.69) is 58.9 Å². The zero-order valence-electron chi connectivity index (χ0n) is 18.1. The van der Waals surface area contributed by atoms with Gasteiger partial charge in [0.2, 0.25) is 5.75 Å². The SMILES string of the molecule is CCN1c2ccccc2-c2nc3ccccc3n2[C@H]1c1cc(OC)c(OC)c(OC)c1. The first kappa shape index (κ1) is 19.3. The average molecular weight is 415 g/mol. The van der Waals surface area contributed by atoms with E-state index in [0.717, 1.165) is 40.2 Å². The Kier molecular flexibility index (Phi) is 4.70. The number of hydrogen-bond donors (Lipinski definition) is 0.